The van der Waals surface area contributed by atoms with Crippen LogP contribution >= 0.6 is 0 Å². The predicted molar refractivity (Wildman–Crippen MR) is 195 cm³/mol. The molecule has 5 amide bonds. The first kappa shape index (κ1) is 41.2. The fraction of sp³-hybridized carbons (Fsp3) is 0.757. The minimum atomic E-state index is -3.57. The number of fused-ring (bicyclic) bond motifs is 1. The van der Waals surface area contributed by atoms with Gasteiger partial charge in [0.2, 0.25) is 17.6 Å². The summed E-state index contributed by atoms with van der Waals surface area (Å²) < 4.78 is 25.7. The van der Waals surface area contributed by atoms with Crippen LogP contribution in [0.3, 0.4) is 0 Å². The summed E-state index contributed by atoms with van der Waals surface area (Å²) in [6.45, 7) is 22.4. The Kier molecular flexibility index (Phi) is 12.8. The van der Waals surface area contributed by atoms with Crippen LogP contribution in [0.5, 0.6) is 0 Å². The molecule has 282 valence electrons. The number of nitrogens with zero attached hydrogens (tertiary/aromatic N) is 1. The minimum Gasteiger partial charge on any atom is -0.349 e. The third kappa shape index (κ3) is 9.36. The van der Waals surface area contributed by atoms with Crippen LogP contribution in [0.4, 0.5) is 4.79 Å². The minimum absolute atomic E-state index is 0.0144. The lowest BCUT2D eigenvalue weighted by atomic mass is 9.55. The highest BCUT2D eigenvalue weighted by Crippen LogP contribution is 2.57. The van der Waals surface area contributed by atoms with Gasteiger partial charge in [-0.25, -0.2) is 13.2 Å². The van der Waals surface area contributed by atoms with E-state index >= 15 is 0 Å². The van der Waals surface area contributed by atoms with E-state index in [0.29, 0.717) is 32.2 Å². The first-order valence-electron chi connectivity index (χ1n) is 18.0. The molecule has 1 heterocycles. The van der Waals surface area contributed by atoms with Gasteiger partial charge in [-0.05, 0) is 75.5 Å². The highest BCUT2D eigenvalue weighted by Gasteiger charge is 2.61. The fourth-order valence-electron chi connectivity index (χ4n) is 7.68. The van der Waals surface area contributed by atoms with Gasteiger partial charge in [-0.3, -0.25) is 19.2 Å². The van der Waals surface area contributed by atoms with Gasteiger partial charge in [0.05, 0.1) is 16.0 Å². The summed E-state index contributed by atoms with van der Waals surface area (Å²) in [5.74, 6) is -2.96. The van der Waals surface area contributed by atoms with Crippen molar-refractivity contribution >= 4 is 39.4 Å². The molecular weight excluding hydrogens is 659 g/mol. The van der Waals surface area contributed by atoms with Crippen LogP contribution in [0.25, 0.3) is 0 Å². The molecule has 13 heteroatoms. The maximum Gasteiger partial charge on any atom is 0.315 e. The normalized spacial score (nSPS) is 24.0. The molecule has 4 N–H and O–H groups in total. The zero-order valence-corrected chi connectivity index (χ0v) is 32.3. The summed E-state index contributed by atoms with van der Waals surface area (Å²) in [4.78, 5) is 69.6. The van der Waals surface area contributed by atoms with E-state index in [9.17, 15) is 32.4 Å². The van der Waals surface area contributed by atoms with Crippen molar-refractivity contribution in [2.45, 2.75) is 135 Å². The highest BCUT2D eigenvalue weighted by atomic mass is 32.2. The van der Waals surface area contributed by atoms with Crippen molar-refractivity contribution < 1.29 is 32.4 Å². The average molecular weight is 720 g/mol. The number of Topliss-reactive ketones (excluding diaryl/α,β-unsaturated/α-hetero) is 1. The lowest BCUT2D eigenvalue weighted by molar-refractivity contribution is -0.144. The predicted octanol–water partition coefficient (Wildman–Crippen LogP) is 3.81. The number of rotatable bonds is 14. The van der Waals surface area contributed by atoms with Gasteiger partial charge in [0.15, 0.2) is 9.84 Å². The molecule has 3 aliphatic rings. The molecule has 2 aliphatic carbocycles. The monoisotopic (exact) mass is 719 g/mol. The number of carbonyl (C=O) groups is 5. The van der Waals surface area contributed by atoms with Crippen LogP contribution in [-0.4, -0.2) is 90.1 Å². The second-order valence-corrected chi connectivity index (χ2v) is 20.0. The highest BCUT2D eigenvalue weighted by molar-refractivity contribution is 7.92. The Morgan fingerprint density at radius 1 is 0.940 bits per heavy atom. The summed E-state index contributed by atoms with van der Waals surface area (Å²) >= 11 is 0. The smallest absolute Gasteiger partial charge is 0.315 e. The van der Waals surface area contributed by atoms with E-state index < -0.39 is 73.2 Å². The quantitative estimate of drug-likeness (QED) is 0.120. The van der Waals surface area contributed by atoms with Gasteiger partial charge in [0.25, 0.3) is 5.91 Å². The summed E-state index contributed by atoms with van der Waals surface area (Å²) in [5.41, 5.74) is -1.88. The molecule has 0 bridgehead atoms. The number of carbonyl (C=O) groups excluding carboxylic acids is 5. The maximum absolute atomic E-state index is 14.6. The number of hydrogen-bond donors (Lipinski definition) is 4. The second kappa shape index (κ2) is 15.6. The number of sulfone groups is 1. The van der Waals surface area contributed by atoms with Gasteiger partial charge in [0.1, 0.15) is 18.1 Å². The average Bonchev–Trinajstić information content (AvgIpc) is 3.33. The second-order valence-electron chi connectivity index (χ2n) is 17.3. The lowest BCUT2D eigenvalue weighted by Gasteiger charge is -2.48. The van der Waals surface area contributed by atoms with Crippen LogP contribution in [0.2, 0.25) is 0 Å². The Morgan fingerprint density at radius 2 is 1.56 bits per heavy atom. The first-order chi connectivity index (χ1) is 23.0. The summed E-state index contributed by atoms with van der Waals surface area (Å²) in [6.07, 6.45) is 7.77. The first-order valence-corrected chi connectivity index (χ1v) is 19.6. The number of nitrogens with one attached hydrogen (secondary N) is 4. The van der Waals surface area contributed by atoms with Crippen molar-refractivity contribution in [3.8, 4) is 0 Å². The summed E-state index contributed by atoms with van der Waals surface area (Å²) in [7, 11) is -3.57. The van der Waals surface area contributed by atoms with Crippen molar-refractivity contribution in [1.82, 2.24) is 26.2 Å². The molecule has 0 radical (unpaired) electrons. The molecule has 0 aromatic heterocycles. The zero-order valence-electron chi connectivity index (χ0n) is 31.4. The van der Waals surface area contributed by atoms with Gasteiger partial charge < -0.3 is 26.2 Å². The van der Waals surface area contributed by atoms with E-state index in [1.807, 2.05) is 20.8 Å². The van der Waals surface area contributed by atoms with E-state index in [1.165, 1.54) is 11.0 Å². The van der Waals surface area contributed by atoms with Crippen molar-refractivity contribution in [1.29, 1.82) is 0 Å². The number of amides is 5. The van der Waals surface area contributed by atoms with E-state index in [2.05, 4.69) is 48.3 Å². The van der Waals surface area contributed by atoms with Crippen molar-refractivity contribution in [2.24, 2.45) is 22.7 Å². The van der Waals surface area contributed by atoms with Crippen molar-refractivity contribution in [3.05, 3.63) is 25.3 Å². The van der Waals surface area contributed by atoms with Crippen molar-refractivity contribution in [3.63, 3.8) is 0 Å². The summed E-state index contributed by atoms with van der Waals surface area (Å²) in [5, 5.41) is 11.2. The SMILES string of the molecule is C=CCCNC(=O)C(=O)C(CC=C)NC(=O)C1C2CC(C)(C)C2CN1C(=O)[C@@H](NC(=O)NC1(CS(=O)(=O)C(C)(C)C)CCCCC1)C(C)(C)C. The molecule has 3 fully saturated rings. The standard InChI is InChI=1S/C37H61N5O7S/c1-11-13-20-38-31(45)28(43)26(17-12-2)39-30(44)27-24-21-36(9,10)25(24)22-42(27)32(46)29(34(3,4)5)40-33(47)41-37(18-15-14-16-19-37)23-50(48,49)35(6,7)8/h11-12,24-27,29H,1-2,13-23H2,3-10H3,(H,38,45)(H,39,44)(H2,40,41,47)/t24?,25?,26?,27?,29-/m1/s1. The van der Waals surface area contributed by atoms with Gasteiger partial charge in [0, 0.05) is 13.1 Å². The number of hydrogen-bond acceptors (Lipinski definition) is 7. The third-order valence-electron chi connectivity index (χ3n) is 10.8. The van der Waals surface area contributed by atoms with Crippen LogP contribution in [0.1, 0.15) is 107 Å². The maximum atomic E-state index is 14.6. The van der Waals surface area contributed by atoms with Gasteiger partial charge in [-0.1, -0.05) is 66.0 Å². The molecule has 4 unspecified atom stereocenters. The molecule has 2 saturated carbocycles. The topological polar surface area (TPSA) is 171 Å². The van der Waals surface area contributed by atoms with Gasteiger partial charge >= 0.3 is 6.03 Å². The van der Waals surface area contributed by atoms with E-state index in [1.54, 1.807) is 26.8 Å². The van der Waals surface area contributed by atoms with Gasteiger partial charge in [-0.2, -0.15) is 0 Å². The molecule has 0 aromatic rings. The van der Waals surface area contributed by atoms with Gasteiger partial charge in [-0.15, -0.1) is 13.2 Å². The fourth-order valence-corrected chi connectivity index (χ4v) is 9.20. The molecule has 1 aliphatic heterocycles. The Balaban J connectivity index is 1.88. The van der Waals surface area contributed by atoms with E-state index in [4.69, 9.17) is 0 Å². The Bertz CT molecular complexity index is 1440. The molecule has 3 rings (SSSR count). The van der Waals surface area contributed by atoms with Crippen molar-refractivity contribution in [2.75, 3.05) is 18.8 Å². The van der Waals surface area contributed by atoms with Crippen LogP contribution in [0, 0.1) is 22.7 Å². The molecule has 0 aromatic carbocycles. The van der Waals surface area contributed by atoms with Crippen LogP contribution < -0.4 is 21.3 Å². The van der Waals surface area contributed by atoms with E-state index in [0.717, 1.165) is 19.3 Å². The van der Waals surface area contributed by atoms with E-state index in [-0.39, 0.29) is 36.0 Å². The van der Waals surface area contributed by atoms with Crippen LogP contribution in [-0.2, 0) is 29.0 Å². The number of urea groups is 1. The molecule has 0 spiro atoms. The number of likely N-dealkylation sites (tertiary alicyclic amines) is 1. The molecule has 5 atom stereocenters. The largest absolute Gasteiger partial charge is 0.349 e. The van der Waals surface area contributed by atoms with Crippen LogP contribution in [0.15, 0.2) is 25.3 Å². The lowest BCUT2D eigenvalue weighted by Crippen LogP contribution is -2.64. The molecular formula is C37H61N5O7S. The third-order valence-corrected chi connectivity index (χ3v) is 13.6. The zero-order chi connectivity index (χ0) is 37.9. The summed E-state index contributed by atoms with van der Waals surface area (Å²) in [6, 6.07) is -3.77. The Morgan fingerprint density at radius 3 is 2.08 bits per heavy atom. The number of ketones is 1. The molecule has 12 nitrogen and oxygen atoms in total. The Hall–Kier alpha value is -3.22. The Labute approximate surface area is 299 Å². The molecule has 50 heavy (non-hydrogen) atoms. The molecule has 1 saturated heterocycles.